The quantitative estimate of drug-likeness (QED) is 0.0347. The van der Waals surface area contributed by atoms with Gasteiger partial charge in [-0.1, -0.05) is 29.5 Å². The fraction of sp³-hybridized carbons (Fsp3) is 0.361. The number of tetrazole rings is 1. The van der Waals surface area contributed by atoms with Crippen molar-refractivity contribution in [1.82, 2.24) is 119 Å². The molecule has 18 rings (SSSR count). The van der Waals surface area contributed by atoms with E-state index in [2.05, 4.69) is 106 Å². The molecule has 8 N–H and O–H groups in total. The van der Waals surface area contributed by atoms with Gasteiger partial charge in [0.25, 0.3) is 22.2 Å². The Bertz CT molecular complexity index is 6830. The van der Waals surface area contributed by atoms with E-state index in [4.69, 9.17) is 9.47 Å². The number of H-pyrrole nitrogens is 5. The molecule has 0 radical (unpaired) electrons. The van der Waals surface area contributed by atoms with E-state index in [9.17, 15) is 56.6 Å². The van der Waals surface area contributed by atoms with Crippen LogP contribution in [0.2, 0.25) is 0 Å². The van der Waals surface area contributed by atoms with Gasteiger partial charge in [-0.15, -0.1) is 23.4 Å². The number of ether oxygens (including phenoxy) is 3. The number of halogens is 3. The first kappa shape index (κ1) is 83.6. The highest BCUT2D eigenvalue weighted by atomic mass is 19.4. The number of benzene rings is 6. The molecule has 7 aromatic rings. The maximum absolute atomic E-state index is 12.6. The van der Waals surface area contributed by atoms with Crippen molar-refractivity contribution in [3.63, 3.8) is 0 Å². The number of nitrogens with one attached hydrogen (secondary N) is 7. The molecule has 2 fully saturated rings. The summed E-state index contributed by atoms with van der Waals surface area (Å²) in [5.41, 5.74) is 11.5. The molecule has 632 valence electrons. The molecular weight excluding hydrogens is 1580 g/mol. The molecule has 11 aliphatic heterocycles. The molecule has 36 nitrogen and oxygen atoms in total. The predicted molar refractivity (Wildman–Crippen MR) is 445 cm³/mol. The van der Waals surface area contributed by atoms with E-state index in [1.165, 1.54) is 18.2 Å². The van der Waals surface area contributed by atoms with Gasteiger partial charge in [0.05, 0.1) is 50.7 Å². The van der Waals surface area contributed by atoms with Crippen LogP contribution in [0.5, 0.6) is 17.2 Å². The average Bonchev–Trinajstić information content (AvgIpc) is 1.23. The topological polar surface area (TPSA) is 455 Å². The lowest BCUT2D eigenvalue weighted by Crippen LogP contribution is -2.36. The van der Waals surface area contributed by atoms with Crippen molar-refractivity contribution in [2.24, 2.45) is 0 Å². The van der Waals surface area contributed by atoms with Gasteiger partial charge in [-0.05, 0) is 218 Å². The fourth-order valence-electron chi connectivity index (χ4n) is 15.5. The van der Waals surface area contributed by atoms with Crippen molar-refractivity contribution in [1.29, 1.82) is 0 Å². The van der Waals surface area contributed by atoms with Crippen LogP contribution in [0.4, 0.5) is 13.2 Å². The van der Waals surface area contributed by atoms with Gasteiger partial charge in [0.1, 0.15) is 5.75 Å². The molecule has 122 heavy (non-hydrogen) atoms. The van der Waals surface area contributed by atoms with E-state index in [1.807, 2.05) is 136 Å². The van der Waals surface area contributed by atoms with Crippen LogP contribution in [-0.2, 0) is 39.3 Å². The zero-order valence-corrected chi connectivity index (χ0v) is 67.9. The number of piperidine rings is 1. The smallest absolute Gasteiger partial charge is 0.454 e. The summed E-state index contributed by atoms with van der Waals surface area (Å²) >= 11 is 0. The van der Waals surface area contributed by atoms with Crippen LogP contribution in [0, 0.1) is 55.4 Å². The molecule has 0 aliphatic carbocycles. The van der Waals surface area contributed by atoms with Gasteiger partial charge >= 0.3 is 29.1 Å². The van der Waals surface area contributed by atoms with E-state index in [0.29, 0.717) is 91.0 Å². The lowest BCUT2D eigenvalue weighted by atomic mass is 9.96. The third kappa shape index (κ3) is 18.3. The molecule has 0 bridgehead atoms. The number of para-hydroxylation sites is 1. The zero-order chi connectivity index (χ0) is 85.9. The number of aromatic nitrogens is 20. The first-order valence-electron chi connectivity index (χ1n) is 39.7. The Balaban J connectivity index is 0.000000127. The summed E-state index contributed by atoms with van der Waals surface area (Å²) in [6, 6.07) is 27.6. The van der Waals surface area contributed by atoms with Crippen molar-refractivity contribution in [2.75, 3.05) is 59.2 Å². The van der Waals surface area contributed by atoms with Crippen LogP contribution in [-0.4, -0.2) is 185 Å². The van der Waals surface area contributed by atoms with Crippen LogP contribution in [0.15, 0.2) is 129 Å². The van der Waals surface area contributed by atoms with Crippen LogP contribution in [0.25, 0.3) is 90.2 Å². The Morgan fingerprint density at radius 1 is 0.475 bits per heavy atom. The molecule has 0 spiro atoms. The van der Waals surface area contributed by atoms with Crippen molar-refractivity contribution < 1.29 is 32.5 Å². The van der Waals surface area contributed by atoms with Crippen molar-refractivity contribution in [3.8, 4) is 63.3 Å². The number of aliphatic hydroxyl groups is 1. The highest BCUT2D eigenvalue weighted by Gasteiger charge is 2.33. The Hall–Kier alpha value is -13.5. The standard InChI is InChI=1S/C22H20F3N5O3.C22H21N5O4.C20H23N9O2.C19H23N5O3/c1-12-9-15-16(10-13(12)2)30(19-18(27-15)20(31)29-21(32)28-19)8-7-26-11-14-5-3-4-6-17(14)33-22(23,24)25;1-12-7-15-16(8-13(12)2)27(20-19(24-15)21(28)26-22(29)25-20)6-5-23-10-14-3-4-17-18(9-14)31-11-30-17;1-11-9-14-15(10-12(11)2)29(18-16(21-14)19(30)23-20(31)22-18)8-7-28-5-3-13(4-6-28)17-24-26-27-25-17;1-11-8-14-15(9-12(11)2)24(7-6-23-5-3-4-13(23)10-25)17-16(20-14)18(26)22-19(27)21-17/h3-6,9-10,26H,7-8,11H2,1-2H3,(H,29,31,32);3-4,7-9,23H,5-6,10-11H2,1-2H3,(H,26,28,29);9-10,13H,3-8H2,1-2H3,(H,23,30,31)(H,24,25,26,27);8-9,13,25H,3-7,10H2,1-2H3,(H,22,26,27)/t;;;13-/m...0/s1. The first-order chi connectivity index (χ1) is 58.6. The lowest BCUT2D eigenvalue weighted by Gasteiger charge is -2.31. The van der Waals surface area contributed by atoms with Gasteiger partial charge in [0.2, 0.25) is 6.79 Å². The second-order valence-corrected chi connectivity index (χ2v) is 30.5. The van der Waals surface area contributed by atoms with Gasteiger partial charge in [0, 0.05) is 83.0 Å². The van der Waals surface area contributed by atoms with Crippen LogP contribution in [0.1, 0.15) is 93.1 Å². The number of aromatic amines is 5. The maximum Gasteiger partial charge on any atom is 0.573 e. The highest BCUT2D eigenvalue weighted by Crippen LogP contribution is 2.35. The van der Waals surface area contributed by atoms with E-state index in [-0.39, 0.29) is 72.7 Å². The third-order valence-electron chi connectivity index (χ3n) is 22.5. The Kier molecular flexibility index (Phi) is 24.3. The summed E-state index contributed by atoms with van der Waals surface area (Å²) in [5.74, 6) is 3.38. The van der Waals surface area contributed by atoms with Gasteiger partial charge < -0.3 is 53.1 Å². The Morgan fingerprint density at radius 3 is 1.33 bits per heavy atom. The molecule has 2 saturated heterocycles. The van der Waals surface area contributed by atoms with Crippen LogP contribution in [0.3, 0.4) is 0 Å². The number of rotatable bonds is 19. The minimum absolute atomic E-state index is 0.0364. The maximum atomic E-state index is 12.6. The number of fused-ring (bicyclic) bond motifs is 9. The number of aryl methyl sites for hydroxylation is 8. The number of hydrogen-bond acceptors (Lipinski definition) is 27. The monoisotopic (exact) mass is 1670 g/mol. The minimum atomic E-state index is -4.79. The fourth-order valence-corrected chi connectivity index (χ4v) is 15.5. The molecule has 0 saturated carbocycles. The Labute approximate surface area is 689 Å². The van der Waals surface area contributed by atoms with Gasteiger partial charge in [-0.25, -0.2) is 39.1 Å². The molecular formula is C83H87F3N24O12. The second-order valence-electron chi connectivity index (χ2n) is 30.5. The van der Waals surface area contributed by atoms with Crippen molar-refractivity contribution in [2.45, 2.75) is 139 Å². The van der Waals surface area contributed by atoms with E-state index in [1.54, 1.807) is 10.6 Å². The Morgan fingerprint density at radius 2 is 0.893 bits per heavy atom. The summed E-state index contributed by atoms with van der Waals surface area (Å²) in [7, 11) is 0. The van der Waals surface area contributed by atoms with Crippen LogP contribution >= 0.6 is 0 Å². The van der Waals surface area contributed by atoms with E-state index >= 15 is 0 Å². The minimum Gasteiger partial charge on any atom is -0.454 e. The number of hydrogen-bond donors (Lipinski definition) is 8. The number of likely N-dealkylation sites (tertiary alicyclic amines) is 2. The van der Waals surface area contributed by atoms with Gasteiger partial charge in [-0.2, -0.15) is 25.1 Å². The predicted octanol–water partition coefficient (Wildman–Crippen LogP) is 5.86. The number of aliphatic hydroxyl groups excluding tert-OH is 1. The molecule has 1 aromatic heterocycles. The molecule has 12 heterocycles. The zero-order valence-electron chi connectivity index (χ0n) is 67.9. The van der Waals surface area contributed by atoms with Crippen LogP contribution < -0.4 is 69.8 Å². The normalized spacial score (nSPS) is 14.4. The second kappa shape index (κ2) is 35.4. The molecule has 1 atom stereocenters. The summed E-state index contributed by atoms with van der Waals surface area (Å²) in [5, 5.41) is 30.4. The molecule has 11 aliphatic rings. The first-order valence-corrected chi connectivity index (χ1v) is 39.7. The number of nitrogens with zero attached hydrogens (tertiary/aromatic N) is 17. The lowest BCUT2D eigenvalue weighted by molar-refractivity contribution is -0.274. The molecule has 39 heteroatoms. The summed E-state index contributed by atoms with van der Waals surface area (Å²) < 4.78 is 60.2. The molecule has 6 aromatic carbocycles. The summed E-state index contributed by atoms with van der Waals surface area (Å²) in [6.07, 6.45) is -0.813. The van der Waals surface area contributed by atoms with Gasteiger partial charge in [0.15, 0.2) is 63.4 Å². The summed E-state index contributed by atoms with van der Waals surface area (Å²) in [4.78, 5) is 144. The molecule has 0 unspecified atom stereocenters. The summed E-state index contributed by atoms with van der Waals surface area (Å²) in [6.45, 7) is 24.2. The average molecular weight is 1670 g/mol. The number of alkyl halides is 3. The third-order valence-corrected chi connectivity index (χ3v) is 22.5. The van der Waals surface area contributed by atoms with E-state index < -0.39 is 51.4 Å². The van der Waals surface area contributed by atoms with Crippen molar-refractivity contribution in [3.05, 3.63) is 236 Å². The SMILES string of the molecule is Cc1cc2nc3c(=O)[nH]c(=O)nc-3n(CCN3CCC(c4nn[nH]n4)CC3)c2cc1C.Cc1cc2nc3c(=O)[nH]c(=O)nc-3n(CCN3CCC[C@H]3CO)c2cc1C.Cc1cc2nc3c(=O)[nH]c(=O)nc-3n(CCNCc3ccc4c(c3)OCO4)c2cc1C.Cc1cc2nc3c(=O)[nH]c(=O)nc-3n(CCNCc3ccccc3OC(F)(F)F)c2cc1C. The van der Waals surface area contributed by atoms with Crippen molar-refractivity contribution >= 4 is 44.1 Å². The highest BCUT2D eigenvalue weighted by molar-refractivity contribution is 5.84. The molecule has 0 amide bonds. The van der Waals surface area contributed by atoms with Gasteiger partial charge in [-0.3, -0.25) is 44.0 Å². The largest absolute Gasteiger partial charge is 0.573 e. The van der Waals surface area contributed by atoms with E-state index in [0.717, 1.165) is 141 Å².